The Kier molecular flexibility index (Phi) is 5.08. The van der Waals surface area contributed by atoms with E-state index in [1.165, 1.54) is 0 Å². The van der Waals surface area contributed by atoms with Crippen LogP contribution in [-0.4, -0.2) is 55.5 Å². The Morgan fingerprint density at radius 2 is 1.86 bits per heavy atom. The standard InChI is InChI=1S/C10H22NO3/c1-8(2)14-10(13)6-9(12)7-11(3,4)5/h8-9,12H,6-7H2,1-5H3/q+1. The van der Waals surface area contributed by atoms with E-state index in [0.717, 1.165) is 0 Å². The summed E-state index contributed by atoms with van der Waals surface area (Å²) in [5, 5.41) is 9.55. The first-order valence-corrected chi connectivity index (χ1v) is 4.88. The monoisotopic (exact) mass is 204 g/mol. The quantitative estimate of drug-likeness (QED) is 0.521. The Morgan fingerprint density at radius 1 is 1.36 bits per heavy atom. The van der Waals surface area contributed by atoms with Crippen molar-refractivity contribution in [2.75, 3.05) is 27.7 Å². The second kappa shape index (κ2) is 5.32. The summed E-state index contributed by atoms with van der Waals surface area (Å²) in [6.45, 7) is 4.14. The van der Waals surface area contributed by atoms with E-state index in [1.54, 1.807) is 13.8 Å². The number of carbonyl (C=O) groups is 1. The molecule has 0 aromatic rings. The molecule has 0 aromatic heterocycles. The van der Waals surface area contributed by atoms with Gasteiger partial charge in [-0.15, -0.1) is 0 Å². The second-order valence-corrected chi connectivity index (χ2v) is 4.87. The van der Waals surface area contributed by atoms with Crippen LogP contribution in [0.1, 0.15) is 20.3 Å². The van der Waals surface area contributed by atoms with Crippen molar-refractivity contribution in [3.63, 3.8) is 0 Å². The number of carbonyl (C=O) groups excluding carboxylic acids is 1. The van der Waals surface area contributed by atoms with Crippen LogP contribution in [0.5, 0.6) is 0 Å². The van der Waals surface area contributed by atoms with Crippen molar-refractivity contribution >= 4 is 5.97 Å². The molecular formula is C10H22NO3+. The normalized spacial score (nSPS) is 14.2. The van der Waals surface area contributed by atoms with E-state index in [1.807, 2.05) is 21.1 Å². The largest absolute Gasteiger partial charge is 0.463 e. The van der Waals surface area contributed by atoms with Gasteiger partial charge < -0.3 is 14.3 Å². The number of quaternary nitrogens is 1. The molecule has 0 radical (unpaired) electrons. The van der Waals surface area contributed by atoms with Gasteiger partial charge in [-0.05, 0) is 13.8 Å². The summed E-state index contributed by atoms with van der Waals surface area (Å²) < 4.78 is 5.56. The van der Waals surface area contributed by atoms with Crippen molar-refractivity contribution < 1.29 is 19.1 Å². The lowest BCUT2D eigenvalue weighted by molar-refractivity contribution is -0.873. The zero-order valence-electron chi connectivity index (χ0n) is 9.78. The van der Waals surface area contributed by atoms with Crippen molar-refractivity contribution in [3.05, 3.63) is 0 Å². The van der Waals surface area contributed by atoms with Crippen LogP contribution < -0.4 is 0 Å². The maximum absolute atomic E-state index is 11.2. The highest BCUT2D eigenvalue weighted by molar-refractivity contribution is 5.70. The summed E-state index contributed by atoms with van der Waals surface area (Å²) >= 11 is 0. The Labute approximate surface area is 86.1 Å². The minimum Gasteiger partial charge on any atom is -0.463 e. The number of aliphatic hydroxyl groups is 1. The van der Waals surface area contributed by atoms with E-state index in [2.05, 4.69) is 0 Å². The highest BCUT2D eigenvalue weighted by Gasteiger charge is 2.19. The Bertz CT molecular complexity index is 184. The Hall–Kier alpha value is -0.610. The molecule has 0 spiro atoms. The molecule has 0 saturated heterocycles. The van der Waals surface area contributed by atoms with E-state index in [4.69, 9.17) is 4.74 Å². The lowest BCUT2D eigenvalue weighted by Crippen LogP contribution is -2.42. The molecule has 1 unspecified atom stereocenters. The predicted octanol–water partition coefficient (Wildman–Crippen LogP) is 0.395. The van der Waals surface area contributed by atoms with Gasteiger partial charge in [0, 0.05) is 0 Å². The zero-order chi connectivity index (χ0) is 11.4. The van der Waals surface area contributed by atoms with Crippen molar-refractivity contribution in [2.24, 2.45) is 0 Å². The average molecular weight is 204 g/mol. The van der Waals surface area contributed by atoms with E-state index < -0.39 is 6.10 Å². The fourth-order valence-electron chi connectivity index (χ4n) is 1.20. The van der Waals surface area contributed by atoms with Crippen LogP contribution >= 0.6 is 0 Å². The van der Waals surface area contributed by atoms with Gasteiger partial charge in [-0.1, -0.05) is 0 Å². The van der Waals surface area contributed by atoms with E-state index in [-0.39, 0.29) is 18.5 Å². The van der Waals surface area contributed by atoms with E-state index >= 15 is 0 Å². The minimum absolute atomic E-state index is 0.0771. The lowest BCUT2D eigenvalue weighted by Gasteiger charge is -2.26. The first kappa shape index (κ1) is 13.4. The first-order chi connectivity index (χ1) is 6.20. The lowest BCUT2D eigenvalue weighted by atomic mass is 10.2. The molecule has 0 aliphatic heterocycles. The van der Waals surface area contributed by atoms with Crippen LogP contribution in [0, 0.1) is 0 Å². The molecule has 0 heterocycles. The molecule has 0 aliphatic carbocycles. The zero-order valence-corrected chi connectivity index (χ0v) is 9.78. The van der Waals surface area contributed by atoms with Crippen LogP contribution in [-0.2, 0) is 9.53 Å². The van der Waals surface area contributed by atoms with Crippen LogP contribution in [0.2, 0.25) is 0 Å². The molecule has 0 amide bonds. The molecule has 1 N–H and O–H groups in total. The highest BCUT2D eigenvalue weighted by atomic mass is 16.5. The van der Waals surface area contributed by atoms with Gasteiger partial charge in [0.15, 0.2) is 0 Å². The van der Waals surface area contributed by atoms with Gasteiger partial charge in [0.2, 0.25) is 0 Å². The SMILES string of the molecule is CC(C)OC(=O)CC(O)C[N+](C)(C)C. The summed E-state index contributed by atoms with van der Waals surface area (Å²) in [5.41, 5.74) is 0. The fourth-order valence-corrected chi connectivity index (χ4v) is 1.20. The minimum atomic E-state index is -0.624. The summed E-state index contributed by atoms with van der Waals surface area (Å²) in [6.07, 6.45) is -0.659. The van der Waals surface area contributed by atoms with Gasteiger partial charge in [-0.2, -0.15) is 0 Å². The van der Waals surface area contributed by atoms with Crippen LogP contribution in [0.15, 0.2) is 0 Å². The molecule has 0 fully saturated rings. The molecule has 0 saturated carbocycles. The number of aliphatic hydroxyl groups excluding tert-OH is 1. The van der Waals surface area contributed by atoms with Crippen molar-refractivity contribution in [1.82, 2.24) is 0 Å². The van der Waals surface area contributed by atoms with Gasteiger partial charge in [-0.25, -0.2) is 0 Å². The van der Waals surface area contributed by atoms with Gasteiger partial charge in [-0.3, -0.25) is 4.79 Å². The third-order valence-corrected chi connectivity index (χ3v) is 1.53. The molecule has 0 bridgehead atoms. The smallest absolute Gasteiger partial charge is 0.308 e. The number of hydrogen-bond acceptors (Lipinski definition) is 3. The highest BCUT2D eigenvalue weighted by Crippen LogP contribution is 2.02. The number of likely N-dealkylation sites (N-methyl/N-ethyl adjacent to an activating group) is 1. The molecule has 0 aliphatic rings. The maximum atomic E-state index is 11.2. The third-order valence-electron chi connectivity index (χ3n) is 1.53. The maximum Gasteiger partial charge on any atom is 0.308 e. The van der Waals surface area contributed by atoms with Crippen molar-refractivity contribution in [2.45, 2.75) is 32.5 Å². The molecule has 1 atom stereocenters. The van der Waals surface area contributed by atoms with E-state index in [9.17, 15) is 9.90 Å². The van der Waals surface area contributed by atoms with Crippen molar-refractivity contribution in [1.29, 1.82) is 0 Å². The predicted molar refractivity (Wildman–Crippen MR) is 54.8 cm³/mol. The molecule has 0 aromatic carbocycles. The molecule has 84 valence electrons. The van der Waals surface area contributed by atoms with Gasteiger partial charge in [0.1, 0.15) is 12.6 Å². The summed E-state index contributed by atoms with van der Waals surface area (Å²) in [7, 11) is 5.91. The molecule has 0 rings (SSSR count). The van der Waals surface area contributed by atoms with Gasteiger partial charge in [0.05, 0.1) is 33.7 Å². The number of ether oxygens (including phenoxy) is 1. The Morgan fingerprint density at radius 3 is 2.21 bits per heavy atom. The number of rotatable bonds is 5. The van der Waals surface area contributed by atoms with Crippen LogP contribution in [0.25, 0.3) is 0 Å². The summed E-state index contributed by atoms with van der Waals surface area (Å²) in [6, 6.07) is 0. The molecule has 4 heteroatoms. The number of hydrogen-bond donors (Lipinski definition) is 1. The number of nitrogens with zero attached hydrogens (tertiary/aromatic N) is 1. The average Bonchev–Trinajstić information content (AvgIpc) is 1.77. The molecule has 4 nitrogen and oxygen atoms in total. The summed E-state index contributed by atoms with van der Waals surface area (Å²) in [4.78, 5) is 11.2. The Balaban J connectivity index is 3.83. The van der Waals surface area contributed by atoms with Crippen LogP contribution in [0.3, 0.4) is 0 Å². The number of esters is 1. The van der Waals surface area contributed by atoms with Crippen molar-refractivity contribution in [3.8, 4) is 0 Å². The topological polar surface area (TPSA) is 46.5 Å². The molecule has 14 heavy (non-hydrogen) atoms. The van der Waals surface area contributed by atoms with E-state index in [0.29, 0.717) is 11.0 Å². The fraction of sp³-hybridized carbons (Fsp3) is 0.900. The summed E-state index contributed by atoms with van der Waals surface area (Å²) in [5.74, 6) is -0.332. The van der Waals surface area contributed by atoms with Gasteiger partial charge in [0.25, 0.3) is 0 Å². The molecular weight excluding hydrogens is 182 g/mol. The third kappa shape index (κ3) is 8.01. The first-order valence-electron chi connectivity index (χ1n) is 4.88. The van der Waals surface area contributed by atoms with Gasteiger partial charge >= 0.3 is 5.97 Å². The second-order valence-electron chi connectivity index (χ2n) is 4.87. The van der Waals surface area contributed by atoms with Crippen LogP contribution in [0.4, 0.5) is 0 Å².